The predicted octanol–water partition coefficient (Wildman–Crippen LogP) is 0.611. The molecular formula is C12H17N3O3. The van der Waals surface area contributed by atoms with Crippen LogP contribution in [0.3, 0.4) is 0 Å². The van der Waals surface area contributed by atoms with Crippen molar-refractivity contribution in [3.63, 3.8) is 0 Å². The number of aliphatic hydroxyl groups excluding tert-OH is 1. The maximum atomic E-state index is 10.8. The van der Waals surface area contributed by atoms with Gasteiger partial charge in [0.1, 0.15) is 0 Å². The van der Waals surface area contributed by atoms with Crippen molar-refractivity contribution in [3.8, 4) is 5.88 Å². The monoisotopic (exact) mass is 251 g/mol. The first kappa shape index (κ1) is 12.8. The van der Waals surface area contributed by atoms with Crippen molar-refractivity contribution < 1.29 is 14.6 Å². The lowest BCUT2D eigenvalue weighted by Crippen LogP contribution is -2.37. The lowest BCUT2D eigenvalue weighted by Gasteiger charge is -2.32. The van der Waals surface area contributed by atoms with Crippen LogP contribution in [0, 0.1) is 5.92 Å². The van der Waals surface area contributed by atoms with Crippen molar-refractivity contribution in [1.82, 2.24) is 10.2 Å². The largest absolute Gasteiger partial charge is 0.406 e. The minimum absolute atomic E-state index is 0.204. The second-order valence-electron chi connectivity index (χ2n) is 4.46. The molecule has 1 saturated heterocycles. The van der Waals surface area contributed by atoms with Crippen molar-refractivity contribution in [3.05, 3.63) is 12.1 Å². The van der Waals surface area contributed by atoms with Gasteiger partial charge in [-0.05, 0) is 24.8 Å². The molecule has 98 valence electrons. The molecule has 0 amide bonds. The van der Waals surface area contributed by atoms with E-state index in [9.17, 15) is 9.90 Å². The molecule has 1 N–H and O–H groups in total. The third-order valence-corrected chi connectivity index (χ3v) is 2.98. The third-order valence-electron chi connectivity index (χ3n) is 2.98. The fourth-order valence-corrected chi connectivity index (χ4v) is 2.11. The van der Waals surface area contributed by atoms with Gasteiger partial charge in [-0.3, -0.25) is 4.79 Å². The summed E-state index contributed by atoms with van der Waals surface area (Å²) in [4.78, 5) is 12.8. The van der Waals surface area contributed by atoms with Crippen LogP contribution in [-0.4, -0.2) is 41.0 Å². The molecule has 1 aliphatic rings. The number of esters is 1. The fraction of sp³-hybridized carbons (Fsp3) is 0.583. The summed E-state index contributed by atoms with van der Waals surface area (Å²) >= 11 is 0. The van der Waals surface area contributed by atoms with Crippen molar-refractivity contribution in [2.24, 2.45) is 5.92 Å². The van der Waals surface area contributed by atoms with Gasteiger partial charge >= 0.3 is 5.97 Å². The van der Waals surface area contributed by atoms with Gasteiger partial charge in [0.2, 0.25) is 5.88 Å². The highest BCUT2D eigenvalue weighted by molar-refractivity contribution is 5.68. The summed E-state index contributed by atoms with van der Waals surface area (Å²) in [7, 11) is 0. The average Bonchev–Trinajstić information content (AvgIpc) is 2.39. The van der Waals surface area contributed by atoms with Gasteiger partial charge in [-0.15, -0.1) is 10.2 Å². The van der Waals surface area contributed by atoms with E-state index in [2.05, 4.69) is 15.1 Å². The summed E-state index contributed by atoms with van der Waals surface area (Å²) in [6.45, 7) is 3.23. The Bertz CT molecular complexity index is 408. The van der Waals surface area contributed by atoms with Crippen LogP contribution in [0.4, 0.5) is 5.82 Å². The molecule has 1 fully saturated rings. The van der Waals surface area contributed by atoms with Crippen LogP contribution in [0.1, 0.15) is 19.8 Å². The molecule has 1 aliphatic heterocycles. The molecule has 0 bridgehead atoms. The fourth-order valence-electron chi connectivity index (χ4n) is 2.11. The number of hydrogen-bond acceptors (Lipinski definition) is 6. The Morgan fingerprint density at radius 3 is 3.00 bits per heavy atom. The molecule has 1 aromatic heterocycles. The molecule has 1 unspecified atom stereocenters. The zero-order valence-corrected chi connectivity index (χ0v) is 10.4. The highest BCUT2D eigenvalue weighted by Gasteiger charge is 2.20. The van der Waals surface area contributed by atoms with Crippen molar-refractivity contribution in [2.75, 3.05) is 24.6 Å². The number of aliphatic hydroxyl groups is 1. The summed E-state index contributed by atoms with van der Waals surface area (Å²) in [6, 6.07) is 3.41. The zero-order chi connectivity index (χ0) is 13.0. The summed E-state index contributed by atoms with van der Waals surface area (Å²) in [5.41, 5.74) is 0. The minimum Gasteiger partial charge on any atom is -0.406 e. The van der Waals surface area contributed by atoms with Crippen LogP contribution < -0.4 is 9.64 Å². The van der Waals surface area contributed by atoms with E-state index < -0.39 is 5.97 Å². The van der Waals surface area contributed by atoms with Crippen LogP contribution >= 0.6 is 0 Å². The lowest BCUT2D eigenvalue weighted by atomic mass is 9.99. The van der Waals surface area contributed by atoms with Gasteiger partial charge in [-0.1, -0.05) is 0 Å². The van der Waals surface area contributed by atoms with E-state index in [1.807, 2.05) is 0 Å². The quantitative estimate of drug-likeness (QED) is 0.793. The second kappa shape index (κ2) is 5.77. The van der Waals surface area contributed by atoms with Gasteiger partial charge < -0.3 is 14.7 Å². The Balaban J connectivity index is 2.02. The Morgan fingerprint density at radius 1 is 1.56 bits per heavy atom. The molecule has 6 heteroatoms. The highest BCUT2D eigenvalue weighted by Crippen LogP contribution is 2.21. The number of ether oxygens (including phenoxy) is 1. The lowest BCUT2D eigenvalue weighted by molar-refractivity contribution is -0.132. The van der Waals surface area contributed by atoms with Crippen molar-refractivity contribution in [2.45, 2.75) is 19.8 Å². The second-order valence-corrected chi connectivity index (χ2v) is 4.46. The van der Waals surface area contributed by atoms with Gasteiger partial charge in [0.25, 0.3) is 0 Å². The molecule has 0 aliphatic carbocycles. The molecule has 0 aromatic carbocycles. The smallest absolute Gasteiger partial charge is 0.309 e. The number of carbonyl (C=O) groups is 1. The van der Waals surface area contributed by atoms with E-state index in [0.29, 0.717) is 5.92 Å². The number of nitrogens with zero attached hydrogens (tertiary/aromatic N) is 3. The number of aromatic nitrogens is 2. The van der Waals surface area contributed by atoms with E-state index in [-0.39, 0.29) is 12.5 Å². The van der Waals surface area contributed by atoms with Gasteiger partial charge in [0, 0.05) is 32.7 Å². The SMILES string of the molecule is CC(=O)Oc1ccc(N2CCCC(CO)C2)nn1. The maximum absolute atomic E-state index is 10.8. The molecule has 18 heavy (non-hydrogen) atoms. The van der Waals surface area contributed by atoms with E-state index in [4.69, 9.17) is 4.74 Å². The maximum Gasteiger partial charge on any atom is 0.309 e. The highest BCUT2D eigenvalue weighted by atomic mass is 16.5. The molecular weight excluding hydrogens is 234 g/mol. The Kier molecular flexibility index (Phi) is 4.09. The first-order chi connectivity index (χ1) is 8.69. The van der Waals surface area contributed by atoms with E-state index in [0.717, 1.165) is 31.7 Å². The number of piperidine rings is 1. The molecule has 1 aromatic rings. The van der Waals surface area contributed by atoms with Gasteiger partial charge in [-0.25, -0.2) is 0 Å². The Morgan fingerprint density at radius 2 is 2.39 bits per heavy atom. The third kappa shape index (κ3) is 3.16. The molecule has 0 saturated carbocycles. The van der Waals surface area contributed by atoms with Gasteiger partial charge in [0.05, 0.1) is 0 Å². The standard InChI is InChI=1S/C12H17N3O3/c1-9(17)18-12-5-4-11(13-14-12)15-6-2-3-10(7-15)8-16/h4-5,10,16H,2-3,6-8H2,1H3. The topological polar surface area (TPSA) is 75.5 Å². The van der Waals surface area contributed by atoms with Crippen LogP contribution in [0.25, 0.3) is 0 Å². The molecule has 6 nitrogen and oxygen atoms in total. The number of carbonyl (C=O) groups excluding carboxylic acids is 1. The van der Waals surface area contributed by atoms with E-state index in [1.54, 1.807) is 12.1 Å². The van der Waals surface area contributed by atoms with Crippen LogP contribution in [0.15, 0.2) is 12.1 Å². The Labute approximate surface area is 106 Å². The molecule has 1 atom stereocenters. The predicted molar refractivity (Wildman–Crippen MR) is 65.4 cm³/mol. The summed E-state index contributed by atoms with van der Waals surface area (Å²) in [5, 5.41) is 17.1. The normalized spacial score (nSPS) is 19.7. The minimum atomic E-state index is -0.407. The first-order valence-corrected chi connectivity index (χ1v) is 6.07. The summed E-state index contributed by atoms with van der Waals surface area (Å²) in [6.07, 6.45) is 2.09. The van der Waals surface area contributed by atoms with Gasteiger partial charge in [-0.2, -0.15) is 0 Å². The first-order valence-electron chi connectivity index (χ1n) is 6.07. The van der Waals surface area contributed by atoms with Crippen LogP contribution in [0.5, 0.6) is 5.88 Å². The zero-order valence-electron chi connectivity index (χ0n) is 10.4. The number of rotatable bonds is 3. The summed E-state index contributed by atoms with van der Waals surface area (Å²) in [5.74, 6) is 0.857. The molecule has 0 radical (unpaired) electrons. The number of hydrogen-bond donors (Lipinski definition) is 1. The summed E-state index contributed by atoms with van der Waals surface area (Å²) < 4.78 is 4.83. The van der Waals surface area contributed by atoms with E-state index in [1.165, 1.54) is 6.92 Å². The van der Waals surface area contributed by atoms with Crippen LogP contribution in [0.2, 0.25) is 0 Å². The number of anilines is 1. The average molecular weight is 251 g/mol. The van der Waals surface area contributed by atoms with Crippen LogP contribution in [-0.2, 0) is 4.79 Å². The molecule has 0 spiro atoms. The molecule has 2 heterocycles. The van der Waals surface area contributed by atoms with E-state index >= 15 is 0 Å². The van der Waals surface area contributed by atoms with Crippen molar-refractivity contribution >= 4 is 11.8 Å². The molecule has 2 rings (SSSR count). The van der Waals surface area contributed by atoms with Gasteiger partial charge in [0.15, 0.2) is 5.82 Å². The van der Waals surface area contributed by atoms with Crippen molar-refractivity contribution in [1.29, 1.82) is 0 Å². The Hall–Kier alpha value is -1.69.